The van der Waals surface area contributed by atoms with Gasteiger partial charge in [-0.3, -0.25) is 19.6 Å². The lowest BCUT2D eigenvalue weighted by molar-refractivity contribution is -0.383. The lowest BCUT2D eigenvalue weighted by atomic mass is 10.2. The van der Waals surface area contributed by atoms with E-state index in [1.807, 2.05) is 0 Å². The van der Waals surface area contributed by atoms with E-state index in [0.29, 0.717) is 16.4 Å². The number of amides is 3. The largest absolute Gasteiger partial charge is 0.351 e. The summed E-state index contributed by atoms with van der Waals surface area (Å²) in [4.78, 5) is 33.4. The second-order valence-electron chi connectivity index (χ2n) is 7.06. The van der Waals surface area contributed by atoms with Gasteiger partial charge in [-0.05, 0) is 48.5 Å². The number of nitrogens with zero attached hydrogens (tertiary/aromatic N) is 2. The van der Waals surface area contributed by atoms with Crippen LogP contribution < -0.4 is 15.4 Å². The summed E-state index contributed by atoms with van der Waals surface area (Å²) in [5.74, 6) is 0. The Kier molecular flexibility index (Phi) is 9.55. The summed E-state index contributed by atoms with van der Waals surface area (Å²) < 4.78 is 27.4. The summed E-state index contributed by atoms with van der Waals surface area (Å²) in [7, 11) is -0.476. The monoisotopic (exact) mass is 519 g/mol. The van der Waals surface area contributed by atoms with Crippen molar-refractivity contribution in [3.63, 3.8) is 0 Å². The van der Waals surface area contributed by atoms with Crippen LogP contribution >= 0.6 is 11.6 Å². The maximum absolute atomic E-state index is 12.5. The fourth-order valence-electron chi connectivity index (χ4n) is 2.51. The first-order valence-corrected chi connectivity index (χ1v) is 11.7. The minimum absolute atomic E-state index is 0.0212. The molecule has 3 rings (SSSR count). The maximum atomic E-state index is 12.5. The number of nitrogens with one attached hydrogen (secondary N) is 3. The molecule has 0 unspecified atom stereocenters. The van der Waals surface area contributed by atoms with Gasteiger partial charge >= 0.3 is 6.03 Å². The van der Waals surface area contributed by atoms with Crippen LogP contribution in [0.5, 0.6) is 0 Å². The maximum Gasteiger partial charge on any atom is 0.323 e. The van der Waals surface area contributed by atoms with Gasteiger partial charge in [0.25, 0.3) is 15.7 Å². The molecule has 3 aromatic rings. The normalized spacial score (nSPS) is 10.3. The van der Waals surface area contributed by atoms with Gasteiger partial charge in [-0.25, -0.2) is 13.2 Å². The number of benzene rings is 3. The van der Waals surface area contributed by atoms with Crippen molar-refractivity contribution in [2.24, 2.45) is 0 Å². The van der Waals surface area contributed by atoms with E-state index in [9.17, 15) is 28.1 Å². The molecule has 35 heavy (non-hydrogen) atoms. The van der Waals surface area contributed by atoms with E-state index >= 15 is 0 Å². The highest BCUT2D eigenvalue weighted by Gasteiger charge is 2.16. The Morgan fingerprint density at radius 1 is 0.971 bits per heavy atom. The zero-order chi connectivity index (χ0) is 26.0. The summed E-state index contributed by atoms with van der Waals surface area (Å²) in [6, 6.07) is 16.7. The minimum Gasteiger partial charge on any atom is -0.351 e. The van der Waals surface area contributed by atoms with Gasteiger partial charge in [0, 0.05) is 30.9 Å². The minimum atomic E-state index is -3.85. The summed E-state index contributed by atoms with van der Waals surface area (Å²) in [6.07, 6.45) is 0.750. The molecule has 0 aliphatic rings. The molecule has 3 aromatic carbocycles. The predicted octanol–water partition coefficient (Wildman–Crippen LogP) is 4.40. The number of nitro groups is 1. The molecule has 0 aliphatic carbocycles. The first-order valence-electron chi connectivity index (χ1n) is 9.83. The van der Waals surface area contributed by atoms with E-state index in [0.717, 1.165) is 6.41 Å². The molecule has 11 nitrogen and oxygen atoms in total. The van der Waals surface area contributed by atoms with Crippen molar-refractivity contribution < 1.29 is 22.9 Å². The van der Waals surface area contributed by atoms with Crippen LogP contribution in [0.15, 0.2) is 77.7 Å². The molecular weight excluding hydrogens is 498 g/mol. The van der Waals surface area contributed by atoms with Crippen molar-refractivity contribution in [3.05, 3.63) is 87.9 Å². The zero-order valence-electron chi connectivity index (χ0n) is 18.6. The molecule has 0 saturated carbocycles. The SMILES string of the molecule is CN(C)C=O.O=C(Nc1ccc(S(=O)(=O)Nc2cccc(Cl)c2)cc1)Nc1ccccc1[N+](=O)[O-]. The van der Waals surface area contributed by atoms with Crippen molar-refractivity contribution in [1.82, 2.24) is 4.90 Å². The average Bonchev–Trinajstić information content (AvgIpc) is 2.79. The molecule has 0 spiro atoms. The van der Waals surface area contributed by atoms with E-state index in [1.54, 1.807) is 38.4 Å². The average molecular weight is 520 g/mol. The number of halogens is 1. The highest BCUT2D eigenvalue weighted by molar-refractivity contribution is 7.92. The van der Waals surface area contributed by atoms with Gasteiger partial charge in [-0.1, -0.05) is 29.8 Å². The molecule has 13 heteroatoms. The van der Waals surface area contributed by atoms with Gasteiger partial charge in [0.2, 0.25) is 6.41 Å². The molecule has 0 aromatic heterocycles. The van der Waals surface area contributed by atoms with E-state index in [-0.39, 0.29) is 16.3 Å². The smallest absolute Gasteiger partial charge is 0.323 e. The number of nitro benzene ring substituents is 1. The molecule has 0 radical (unpaired) electrons. The van der Waals surface area contributed by atoms with Crippen LogP contribution in [0.3, 0.4) is 0 Å². The van der Waals surface area contributed by atoms with E-state index < -0.39 is 21.0 Å². The van der Waals surface area contributed by atoms with Crippen molar-refractivity contribution >= 4 is 56.8 Å². The van der Waals surface area contributed by atoms with Crippen LogP contribution in [-0.2, 0) is 14.8 Å². The Labute approximate surface area is 206 Å². The van der Waals surface area contributed by atoms with Crippen molar-refractivity contribution in [2.75, 3.05) is 29.5 Å². The van der Waals surface area contributed by atoms with Gasteiger partial charge in [0.15, 0.2) is 0 Å². The molecule has 0 aliphatic heterocycles. The van der Waals surface area contributed by atoms with Gasteiger partial charge in [-0.2, -0.15) is 0 Å². The van der Waals surface area contributed by atoms with Crippen LogP contribution in [0.2, 0.25) is 5.02 Å². The lowest BCUT2D eigenvalue weighted by Crippen LogP contribution is -2.20. The molecule has 0 heterocycles. The highest BCUT2D eigenvalue weighted by atomic mass is 35.5. The molecule has 0 atom stereocenters. The van der Waals surface area contributed by atoms with E-state index in [2.05, 4.69) is 15.4 Å². The van der Waals surface area contributed by atoms with Gasteiger partial charge in [0.1, 0.15) is 5.69 Å². The molecular formula is C22H22ClN5O6S. The van der Waals surface area contributed by atoms with Crippen LogP contribution in [0, 0.1) is 10.1 Å². The third-order valence-electron chi connectivity index (χ3n) is 4.06. The summed E-state index contributed by atoms with van der Waals surface area (Å²) in [6.45, 7) is 0. The zero-order valence-corrected chi connectivity index (χ0v) is 20.2. The number of sulfonamides is 1. The molecule has 3 amide bonds. The number of anilines is 3. The van der Waals surface area contributed by atoms with Gasteiger partial charge in [-0.15, -0.1) is 0 Å². The Morgan fingerprint density at radius 2 is 1.60 bits per heavy atom. The molecule has 0 fully saturated rings. The second kappa shape index (κ2) is 12.3. The summed E-state index contributed by atoms with van der Waals surface area (Å²) in [5, 5.41) is 16.3. The van der Waals surface area contributed by atoms with Crippen LogP contribution in [0.4, 0.5) is 27.5 Å². The predicted molar refractivity (Wildman–Crippen MR) is 134 cm³/mol. The molecule has 0 bridgehead atoms. The van der Waals surface area contributed by atoms with Crippen LogP contribution in [0.1, 0.15) is 0 Å². The Hall–Kier alpha value is -4.16. The fraction of sp³-hybridized carbons (Fsp3) is 0.0909. The quantitative estimate of drug-likeness (QED) is 0.239. The van der Waals surface area contributed by atoms with Gasteiger partial charge in [0.05, 0.1) is 15.5 Å². The van der Waals surface area contributed by atoms with E-state index in [1.165, 1.54) is 53.4 Å². The van der Waals surface area contributed by atoms with Crippen LogP contribution in [0.25, 0.3) is 0 Å². The van der Waals surface area contributed by atoms with Gasteiger partial charge < -0.3 is 15.5 Å². The Morgan fingerprint density at radius 3 is 2.17 bits per heavy atom. The number of hydrogen-bond donors (Lipinski definition) is 3. The summed E-state index contributed by atoms with van der Waals surface area (Å²) in [5.41, 5.74) is 0.396. The van der Waals surface area contributed by atoms with E-state index in [4.69, 9.17) is 11.6 Å². The second-order valence-corrected chi connectivity index (χ2v) is 9.18. The number of carbonyl (C=O) groups is 2. The number of rotatable bonds is 7. The highest BCUT2D eigenvalue weighted by Crippen LogP contribution is 2.24. The Bertz CT molecular complexity index is 1300. The lowest BCUT2D eigenvalue weighted by Gasteiger charge is -2.10. The number of carbonyl (C=O) groups excluding carboxylic acids is 2. The standard InChI is InChI=1S/C19H15ClN4O5S.C3H7NO/c20-13-4-3-5-15(12-13)23-30(28,29)16-10-8-14(9-11-16)21-19(25)22-17-6-1-2-7-18(17)24(26)27;1-4(2)3-5/h1-12,23H,(H2,21,22,25);3H,1-2H3. The fourth-order valence-corrected chi connectivity index (χ4v) is 3.75. The first-order chi connectivity index (χ1) is 16.5. The van der Waals surface area contributed by atoms with Crippen LogP contribution in [-0.4, -0.2) is 44.8 Å². The number of urea groups is 1. The van der Waals surface area contributed by atoms with Crippen molar-refractivity contribution in [1.29, 1.82) is 0 Å². The van der Waals surface area contributed by atoms with Crippen molar-refractivity contribution in [3.8, 4) is 0 Å². The molecule has 0 saturated heterocycles. The van der Waals surface area contributed by atoms with Crippen molar-refractivity contribution in [2.45, 2.75) is 4.90 Å². The first kappa shape index (κ1) is 27.1. The summed E-state index contributed by atoms with van der Waals surface area (Å²) >= 11 is 5.86. The number of hydrogen-bond acceptors (Lipinski definition) is 6. The molecule has 184 valence electrons. The molecule has 3 N–H and O–H groups in total. The number of para-hydroxylation sites is 2. The Balaban J connectivity index is 0.000000784. The topological polar surface area (TPSA) is 151 Å². The third kappa shape index (κ3) is 8.61. The third-order valence-corrected chi connectivity index (χ3v) is 5.69.